The number of benzene rings is 3. The minimum Gasteiger partial charge on any atom is -0.437 e. The summed E-state index contributed by atoms with van der Waals surface area (Å²) < 4.78 is 8.05. The topological polar surface area (TPSA) is 94.0 Å². The predicted molar refractivity (Wildman–Crippen MR) is 150 cm³/mol. The van der Waals surface area contributed by atoms with Crippen molar-refractivity contribution in [1.82, 2.24) is 24.8 Å². The van der Waals surface area contributed by atoms with Gasteiger partial charge >= 0.3 is 0 Å². The van der Waals surface area contributed by atoms with E-state index in [-0.39, 0.29) is 11.0 Å². The van der Waals surface area contributed by atoms with Crippen LogP contribution in [0.3, 0.4) is 0 Å². The van der Waals surface area contributed by atoms with E-state index in [1.54, 1.807) is 30.6 Å². The largest absolute Gasteiger partial charge is 0.437 e. The summed E-state index contributed by atoms with van der Waals surface area (Å²) in [5.41, 5.74) is 4.78. The minimum absolute atomic E-state index is 0.203. The van der Waals surface area contributed by atoms with Gasteiger partial charge in [0.25, 0.3) is 11.8 Å². The Kier molecular flexibility index (Phi) is 6.49. The molecule has 188 valence electrons. The zero-order valence-electron chi connectivity index (χ0n) is 20.4. The van der Waals surface area contributed by atoms with Crippen molar-refractivity contribution in [2.45, 2.75) is 19.4 Å². The lowest BCUT2D eigenvalue weighted by Crippen LogP contribution is -2.34. The Morgan fingerprint density at radius 3 is 2.39 bits per heavy atom. The monoisotopic (exact) mass is 520 g/mol. The molecule has 1 amide bonds. The number of carbonyl (C=O) groups excluding carboxylic acids is 1. The molecule has 6 rings (SSSR count). The van der Waals surface area contributed by atoms with Gasteiger partial charge in [-0.05, 0) is 78.5 Å². The molecule has 38 heavy (non-hydrogen) atoms. The lowest BCUT2D eigenvalue weighted by Gasteiger charge is -2.11. The molecule has 1 saturated carbocycles. The molecule has 0 bridgehead atoms. The van der Waals surface area contributed by atoms with Gasteiger partial charge in [0.15, 0.2) is 16.3 Å². The van der Waals surface area contributed by atoms with Gasteiger partial charge in [-0.3, -0.25) is 10.1 Å². The van der Waals surface area contributed by atoms with Crippen LogP contribution in [0.4, 0.5) is 5.69 Å². The first-order chi connectivity index (χ1) is 18.6. The molecule has 0 radical (unpaired) electrons. The molecule has 2 aromatic heterocycles. The average Bonchev–Trinajstić information content (AvgIpc) is 3.68. The summed E-state index contributed by atoms with van der Waals surface area (Å²) >= 11 is 5.34. The molecular weight excluding hydrogens is 496 g/mol. The number of ether oxygens (including phenoxy) is 1. The van der Waals surface area contributed by atoms with Crippen molar-refractivity contribution in [1.29, 1.82) is 0 Å². The molecule has 0 unspecified atom stereocenters. The average molecular weight is 521 g/mol. The van der Waals surface area contributed by atoms with Crippen LogP contribution in [0.15, 0.2) is 91.5 Å². The van der Waals surface area contributed by atoms with E-state index in [0.29, 0.717) is 34.3 Å². The van der Waals surface area contributed by atoms with Gasteiger partial charge in [0.05, 0.1) is 6.33 Å². The Labute approximate surface area is 224 Å². The van der Waals surface area contributed by atoms with Crippen LogP contribution in [0.2, 0.25) is 0 Å². The Morgan fingerprint density at radius 1 is 0.921 bits per heavy atom. The third kappa shape index (κ3) is 5.37. The van der Waals surface area contributed by atoms with Crippen LogP contribution >= 0.6 is 12.2 Å². The van der Waals surface area contributed by atoms with Crippen LogP contribution in [0.1, 0.15) is 23.2 Å². The Hall–Kier alpha value is -4.63. The van der Waals surface area contributed by atoms with Crippen molar-refractivity contribution in [2.75, 3.05) is 5.32 Å². The van der Waals surface area contributed by atoms with E-state index in [0.717, 1.165) is 23.3 Å². The normalized spacial score (nSPS) is 12.7. The second-order valence-electron chi connectivity index (χ2n) is 9.17. The summed E-state index contributed by atoms with van der Waals surface area (Å²) in [5, 5.41) is 5.96. The lowest BCUT2D eigenvalue weighted by atomic mass is 10.0. The molecule has 0 aliphatic heterocycles. The summed E-state index contributed by atoms with van der Waals surface area (Å²) in [5.74, 6) is 1.44. The number of nitrogens with zero attached hydrogens (tertiary/aromatic N) is 4. The van der Waals surface area contributed by atoms with Crippen molar-refractivity contribution in [3.63, 3.8) is 0 Å². The smallest absolute Gasteiger partial charge is 0.257 e. The van der Waals surface area contributed by atoms with Crippen molar-refractivity contribution in [3.05, 3.63) is 97.1 Å². The van der Waals surface area contributed by atoms with Crippen molar-refractivity contribution in [3.8, 4) is 22.8 Å². The number of hydrogen-bond acceptors (Lipinski definition) is 6. The molecule has 0 atom stereocenters. The number of rotatable bonds is 7. The quantitative estimate of drug-likeness (QED) is 0.261. The maximum atomic E-state index is 12.6. The Bertz CT molecular complexity index is 1600. The van der Waals surface area contributed by atoms with Gasteiger partial charge in [0, 0.05) is 17.8 Å². The van der Waals surface area contributed by atoms with Crippen molar-refractivity contribution in [2.24, 2.45) is 5.92 Å². The van der Waals surface area contributed by atoms with E-state index < -0.39 is 0 Å². The molecule has 9 heteroatoms. The van der Waals surface area contributed by atoms with Crippen molar-refractivity contribution < 1.29 is 9.53 Å². The number of aromatic nitrogens is 4. The summed E-state index contributed by atoms with van der Waals surface area (Å²) in [4.78, 5) is 25.8. The summed E-state index contributed by atoms with van der Waals surface area (Å²) in [6.07, 6.45) is 5.80. The molecule has 1 fully saturated rings. The van der Waals surface area contributed by atoms with Crippen LogP contribution in [0, 0.1) is 5.92 Å². The minimum atomic E-state index is -0.282. The standard InChI is InChI=1S/C29H24N6O2S/c36-27(22-10-8-21(9-11-22)20-4-2-1-3-5-20)34-29(38)33-23-12-14-24(15-13-23)37-28-25-26(30-17-31-28)35(18-32-25)16-19-6-7-19/h1-5,8-15,17-19H,6-7,16H2,(H2,33,34,36,38). The van der Waals surface area contributed by atoms with Crippen LogP contribution in [0.5, 0.6) is 11.6 Å². The maximum absolute atomic E-state index is 12.6. The van der Waals surface area contributed by atoms with Crippen LogP contribution < -0.4 is 15.4 Å². The summed E-state index contributed by atoms with van der Waals surface area (Å²) in [7, 11) is 0. The third-order valence-corrected chi connectivity index (χ3v) is 6.53. The zero-order chi connectivity index (χ0) is 25.9. The highest BCUT2D eigenvalue weighted by Gasteiger charge is 2.23. The highest BCUT2D eigenvalue weighted by molar-refractivity contribution is 7.80. The van der Waals surface area contributed by atoms with Crippen LogP contribution in [0.25, 0.3) is 22.3 Å². The van der Waals surface area contributed by atoms with Gasteiger partial charge in [-0.25, -0.2) is 9.97 Å². The molecular formula is C29H24N6O2S. The van der Waals surface area contributed by atoms with Crippen LogP contribution in [-0.2, 0) is 6.54 Å². The fourth-order valence-corrected chi connectivity index (χ4v) is 4.36. The zero-order valence-corrected chi connectivity index (χ0v) is 21.2. The number of fused-ring (bicyclic) bond motifs is 1. The number of anilines is 1. The first-order valence-electron chi connectivity index (χ1n) is 12.3. The second-order valence-corrected chi connectivity index (χ2v) is 9.58. The highest BCUT2D eigenvalue weighted by Crippen LogP contribution is 2.32. The van der Waals surface area contributed by atoms with Gasteiger partial charge in [-0.15, -0.1) is 0 Å². The van der Waals surface area contributed by atoms with Gasteiger partial charge in [-0.2, -0.15) is 4.98 Å². The second kappa shape index (κ2) is 10.4. The fraction of sp³-hybridized carbons (Fsp3) is 0.138. The molecule has 3 aromatic carbocycles. The molecule has 1 aliphatic rings. The number of nitrogens with one attached hydrogen (secondary N) is 2. The number of carbonyl (C=O) groups is 1. The maximum Gasteiger partial charge on any atom is 0.257 e. The number of thiocarbonyl (C=S) groups is 1. The van der Waals surface area contributed by atoms with Crippen LogP contribution in [-0.4, -0.2) is 30.5 Å². The summed E-state index contributed by atoms with van der Waals surface area (Å²) in [6, 6.07) is 24.6. The molecule has 5 aromatic rings. The SMILES string of the molecule is O=C(NC(=S)Nc1ccc(Oc2ncnc3c2ncn3CC2CC2)cc1)c1ccc(-c2ccccc2)cc1. The fourth-order valence-electron chi connectivity index (χ4n) is 4.15. The summed E-state index contributed by atoms with van der Waals surface area (Å²) in [6.45, 7) is 0.919. The highest BCUT2D eigenvalue weighted by atomic mass is 32.1. The number of imidazole rings is 1. The molecule has 1 aliphatic carbocycles. The molecule has 0 spiro atoms. The van der Waals surface area contributed by atoms with E-state index in [9.17, 15) is 4.79 Å². The number of amides is 1. The van der Waals surface area contributed by atoms with E-state index in [2.05, 4.69) is 30.2 Å². The van der Waals surface area contributed by atoms with Gasteiger partial charge in [0.2, 0.25) is 0 Å². The van der Waals surface area contributed by atoms with E-state index in [4.69, 9.17) is 17.0 Å². The molecule has 8 nitrogen and oxygen atoms in total. The van der Waals surface area contributed by atoms with Gasteiger partial charge < -0.3 is 14.6 Å². The molecule has 0 saturated heterocycles. The predicted octanol–water partition coefficient (Wildman–Crippen LogP) is 5.82. The molecule has 2 N–H and O–H groups in total. The van der Waals surface area contributed by atoms with Gasteiger partial charge in [-0.1, -0.05) is 42.5 Å². The Balaban J connectivity index is 1.06. The Morgan fingerprint density at radius 2 is 1.66 bits per heavy atom. The van der Waals surface area contributed by atoms with E-state index >= 15 is 0 Å². The molecule has 2 heterocycles. The first-order valence-corrected chi connectivity index (χ1v) is 12.7. The first kappa shape index (κ1) is 23.7. The third-order valence-electron chi connectivity index (χ3n) is 6.33. The van der Waals surface area contributed by atoms with E-state index in [1.807, 2.05) is 54.6 Å². The van der Waals surface area contributed by atoms with Crippen molar-refractivity contribution >= 4 is 40.1 Å². The van der Waals surface area contributed by atoms with E-state index in [1.165, 1.54) is 19.2 Å². The number of hydrogen-bond donors (Lipinski definition) is 2. The van der Waals surface area contributed by atoms with Gasteiger partial charge in [0.1, 0.15) is 12.1 Å². The lowest BCUT2D eigenvalue weighted by molar-refractivity contribution is 0.0977.